The molecule has 1 aromatic rings. The molecule has 7 heteroatoms. The number of nitrogens with two attached hydrogens (primary N) is 1. The van der Waals surface area contributed by atoms with Crippen LogP contribution < -0.4 is 11.1 Å². The van der Waals surface area contributed by atoms with E-state index in [0.717, 1.165) is 37.8 Å². The van der Waals surface area contributed by atoms with Crippen molar-refractivity contribution in [3.8, 4) is 0 Å². The fraction of sp³-hybridized carbons (Fsp3) is 0.609. The molecular formula is C23H31FN4O2. The van der Waals surface area contributed by atoms with Gasteiger partial charge in [0.05, 0.1) is 11.8 Å². The Morgan fingerprint density at radius 3 is 2.73 bits per heavy atom. The van der Waals surface area contributed by atoms with Crippen LogP contribution in [0.2, 0.25) is 0 Å². The number of hydrogen-bond donors (Lipinski definition) is 3. The summed E-state index contributed by atoms with van der Waals surface area (Å²) in [6.45, 7) is 0. The number of aromatic nitrogens is 1. The van der Waals surface area contributed by atoms with Gasteiger partial charge in [-0.05, 0) is 69.4 Å². The lowest BCUT2D eigenvalue weighted by molar-refractivity contribution is 0.0950. The van der Waals surface area contributed by atoms with E-state index in [0.29, 0.717) is 37.3 Å². The van der Waals surface area contributed by atoms with Gasteiger partial charge in [-0.15, -0.1) is 0 Å². The molecule has 2 aliphatic carbocycles. The molecule has 0 aromatic carbocycles. The molecule has 1 amide bonds. The van der Waals surface area contributed by atoms with Crippen molar-refractivity contribution < 1.29 is 14.3 Å². The van der Waals surface area contributed by atoms with Crippen molar-refractivity contribution in [3.63, 3.8) is 0 Å². The predicted octanol–water partition coefficient (Wildman–Crippen LogP) is 3.42. The zero-order valence-corrected chi connectivity index (χ0v) is 17.3. The number of aliphatic hydroxyl groups excluding tert-OH is 1. The molecule has 0 spiro atoms. The second kappa shape index (κ2) is 9.35. The van der Waals surface area contributed by atoms with Crippen LogP contribution in [0.15, 0.2) is 29.0 Å². The molecule has 2 heterocycles. The lowest BCUT2D eigenvalue weighted by atomic mass is 9.75. The number of nitrogens with one attached hydrogen (secondary N) is 1. The van der Waals surface area contributed by atoms with Gasteiger partial charge in [-0.2, -0.15) is 0 Å². The van der Waals surface area contributed by atoms with Crippen molar-refractivity contribution in [1.82, 2.24) is 10.3 Å². The number of pyridine rings is 1. The molecule has 0 bridgehead atoms. The Balaban J connectivity index is 1.48. The minimum absolute atomic E-state index is 0.0591. The van der Waals surface area contributed by atoms with Gasteiger partial charge in [0.15, 0.2) is 0 Å². The molecule has 1 unspecified atom stereocenters. The Kier molecular flexibility index (Phi) is 6.58. The smallest absolute Gasteiger partial charge is 0.274 e. The maximum absolute atomic E-state index is 14.4. The van der Waals surface area contributed by atoms with Gasteiger partial charge in [0.25, 0.3) is 5.91 Å². The summed E-state index contributed by atoms with van der Waals surface area (Å²) in [5, 5.41) is 12.7. The molecule has 0 saturated heterocycles. The normalized spacial score (nSPS) is 31.8. The molecule has 2 fully saturated rings. The van der Waals surface area contributed by atoms with E-state index >= 15 is 0 Å². The molecule has 2 saturated carbocycles. The molecule has 0 radical (unpaired) electrons. The van der Waals surface area contributed by atoms with Crippen LogP contribution in [-0.4, -0.2) is 34.4 Å². The monoisotopic (exact) mass is 414 g/mol. The second-order valence-electron chi connectivity index (χ2n) is 8.97. The summed E-state index contributed by atoms with van der Waals surface area (Å²) in [5.41, 5.74) is 7.53. The van der Waals surface area contributed by atoms with Gasteiger partial charge in [-0.25, -0.2) is 9.37 Å². The van der Waals surface area contributed by atoms with Crippen molar-refractivity contribution in [2.75, 3.05) is 0 Å². The number of hydrogen-bond acceptors (Lipinski definition) is 5. The number of aliphatic hydroxyl groups is 1. The second-order valence-corrected chi connectivity index (χ2v) is 8.97. The first kappa shape index (κ1) is 21.1. The zero-order valence-electron chi connectivity index (χ0n) is 17.3. The molecule has 3 atom stereocenters. The largest absolute Gasteiger partial charge is 0.393 e. The highest BCUT2D eigenvalue weighted by molar-refractivity contribution is 5.93. The standard InChI is InChI=1S/C23H31FN4O2/c24-19-8-9-20(27-22(19)14-4-6-17(29)7-5-14)23(30)28-21-13-26-11-10-18(21)15-2-1-3-16(25)12-15/h8-9,11,13-18,29H,1-7,10,12,25H2,(H,28,30)/t14?,15-,16+,17?,18?/m1/s1. The maximum atomic E-state index is 14.4. The van der Waals surface area contributed by atoms with Gasteiger partial charge in [0, 0.05) is 36.0 Å². The third kappa shape index (κ3) is 4.78. The van der Waals surface area contributed by atoms with Gasteiger partial charge in [0.1, 0.15) is 11.5 Å². The number of allylic oxidation sites excluding steroid dienone is 1. The topological polar surface area (TPSA) is 101 Å². The third-order valence-electron chi connectivity index (χ3n) is 6.85. The Morgan fingerprint density at radius 1 is 1.17 bits per heavy atom. The van der Waals surface area contributed by atoms with Crippen LogP contribution in [0.4, 0.5) is 4.39 Å². The van der Waals surface area contributed by atoms with Crippen molar-refractivity contribution in [2.24, 2.45) is 22.6 Å². The highest BCUT2D eigenvalue weighted by Gasteiger charge is 2.31. The van der Waals surface area contributed by atoms with Crippen LogP contribution in [0.25, 0.3) is 0 Å². The zero-order chi connectivity index (χ0) is 21.1. The molecule has 1 aromatic heterocycles. The molecular weight excluding hydrogens is 383 g/mol. The molecule has 3 aliphatic rings. The van der Waals surface area contributed by atoms with Crippen LogP contribution in [0.3, 0.4) is 0 Å². The van der Waals surface area contributed by atoms with Crippen molar-refractivity contribution in [1.29, 1.82) is 0 Å². The van der Waals surface area contributed by atoms with E-state index in [9.17, 15) is 14.3 Å². The Hall–Kier alpha value is -2.12. The molecule has 30 heavy (non-hydrogen) atoms. The van der Waals surface area contributed by atoms with E-state index in [4.69, 9.17) is 5.73 Å². The van der Waals surface area contributed by atoms with Crippen LogP contribution in [0, 0.1) is 17.7 Å². The summed E-state index contributed by atoms with van der Waals surface area (Å²) in [4.78, 5) is 21.6. The highest BCUT2D eigenvalue weighted by atomic mass is 19.1. The number of aliphatic imine (C=N–C) groups is 1. The fourth-order valence-electron chi connectivity index (χ4n) is 5.15. The minimum Gasteiger partial charge on any atom is -0.393 e. The maximum Gasteiger partial charge on any atom is 0.274 e. The number of amides is 1. The summed E-state index contributed by atoms with van der Waals surface area (Å²) in [5.74, 6) is -0.157. The van der Waals surface area contributed by atoms with Crippen LogP contribution >= 0.6 is 0 Å². The van der Waals surface area contributed by atoms with Gasteiger partial charge < -0.3 is 16.2 Å². The van der Waals surface area contributed by atoms with Crippen molar-refractivity contribution >= 4 is 12.1 Å². The first-order valence-corrected chi connectivity index (χ1v) is 11.1. The average Bonchev–Trinajstić information content (AvgIpc) is 2.75. The summed E-state index contributed by atoms with van der Waals surface area (Å²) in [6, 6.07) is 2.98. The van der Waals surface area contributed by atoms with Crippen molar-refractivity contribution in [2.45, 2.75) is 75.9 Å². The van der Waals surface area contributed by atoms with E-state index < -0.39 is 0 Å². The van der Waals surface area contributed by atoms with Crippen LogP contribution in [0.5, 0.6) is 0 Å². The predicted molar refractivity (Wildman–Crippen MR) is 113 cm³/mol. The van der Waals surface area contributed by atoms with Gasteiger partial charge in [-0.3, -0.25) is 9.79 Å². The Labute approximate surface area is 176 Å². The first-order valence-electron chi connectivity index (χ1n) is 11.1. The van der Waals surface area contributed by atoms with Crippen molar-refractivity contribution in [3.05, 3.63) is 41.2 Å². The van der Waals surface area contributed by atoms with Crippen LogP contribution in [-0.2, 0) is 0 Å². The first-order chi connectivity index (χ1) is 14.5. The van der Waals surface area contributed by atoms with Gasteiger partial charge in [-0.1, -0.05) is 6.42 Å². The van der Waals surface area contributed by atoms with E-state index in [1.165, 1.54) is 12.1 Å². The molecule has 162 valence electrons. The summed E-state index contributed by atoms with van der Waals surface area (Å²) < 4.78 is 14.4. The van der Waals surface area contributed by atoms with E-state index in [-0.39, 0.29) is 41.4 Å². The summed E-state index contributed by atoms with van der Waals surface area (Å²) in [6.07, 6.45) is 10.9. The minimum atomic E-state index is -0.386. The lowest BCUT2D eigenvalue weighted by Gasteiger charge is -2.34. The number of rotatable bonds is 4. The molecule has 4 rings (SSSR count). The SMILES string of the molecule is N[C@H]1CCC[C@@H](C2CC=NC=C2NC(=O)c2ccc(F)c(C3CCC(O)CC3)n2)C1. The number of carbonyl (C=O) groups excluding carboxylic acids is 1. The van der Waals surface area contributed by atoms with E-state index in [1.807, 2.05) is 6.21 Å². The molecule has 1 aliphatic heterocycles. The molecule has 6 nitrogen and oxygen atoms in total. The fourth-order valence-corrected chi connectivity index (χ4v) is 5.15. The van der Waals surface area contributed by atoms with Gasteiger partial charge >= 0.3 is 0 Å². The van der Waals surface area contributed by atoms with E-state index in [2.05, 4.69) is 15.3 Å². The summed E-state index contributed by atoms with van der Waals surface area (Å²) >= 11 is 0. The summed E-state index contributed by atoms with van der Waals surface area (Å²) in [7, 11) is 0. The number of halogens is 1. The lowest BCUT2D eigenvalue weighted by Crippen LogP contribution is -2.37. The number of nitrogens with zero attached hydrogens (tertiary/aromatic N) is 2. The molecule has 4 N–H and O–H groups in total. The highest BCUT2D eigenvalue weighted by Crippen LogP contribution is 2.36. The third-order valence-corrected chi connectivity index (χ3v) is 6.85. The Bertz CT molecular complexity index is 832. The number of carbonyl (C=O) groups is 1. The average molecular weight is 415 g/mol. The quantitative estimate of drug-likeness (QED) is 0.703. The van der Waals surface area contributed by atoms with E-state index in [1.54, 1.807) is 6.20 Å². The van der Waals surface area contributed by atoms with Crippen LogP contribution in [0.1, 0.15) is 79.9 Å². The van der Waals surface area contributed by atoms with Gasteiger partial charge in [0.2, 0.25) is 0 Å². The Morgan fingerprint density at radius 2 is 1.97 bits per heavy atom.